The zero-order valence-electron chi connectivity index (χ0n) is 13.6. The van der Waals surface area contributed by atoms with Gasteiger partial charge in [-0.3, -0.25) is 9.89 Å². The number of rotatable bonds is 3. The normalized spacial score (nSPS) is 23.5. The molecule has 0 amide bonds. The van der Waals surface area contributed by atoms with Crippen molar-refractivity contribution < 1.29 is 8.42 Å². The molecule has 2 aromatic heterocycles. The molecule has 1 atom stereocenters. The molecule has 4 heterocycles. The van der Waals surface area contributed by atoms with Crippen molar-refractivity contribution in [2.45, 2.75) is 32.1 Å². The van der Waals surface area contributed by atoms with Gasteiger partial charge >= 0.3 is 0 Å². The van der Waals surface area contributed by atoms with Crippen LogP contribution in [-0.4, -0.2) is 57.8 Å². The average molecular weight is 351 g/mol. The Morgan fingerprint density at radius 2 is 1.92 bits per heavy atom. The Hall–Kier alpha value is -1.71. The third-order valence-electron chi connectivity index (χ3n) is 4.91. The predicted molar refractivity (Wildman–Crippen MR) is 89.2 cm³/mol. The van der Waals surface area contributed by atoms with Crippen molar-refractivity contribution in [2.75, 3.05) is 26.2 Å². The topological polar surface area (TPSA) is 90.8 Å². The minimum Gasteiger partial charge on any atom is -0.293 e. The van der Waals surface area contributed by atoms with Crippen LogP contribution in [0.5, 0.6) is 0 Å². The Kier molecular flexibility index (Phi) is 3.74. The van der Waals surface area contributed by atoms with E-state index in [4.69, 9.17) is 0 Å². The first-order valence-corrected chi connectivity index (χ1v) is 9.69. The summed E-state index contributed by atoms with van der Waals surface area (Å²) in [5.41, 5.74) is 1.97. The minimum absolute atomic E-state index is 0.0591. The predicted octanol–water partition coefficient (Wildman–Crippen LogP) is 0.461. The van der Waals surface area contributed by atoms with Crippen molar-refractivity contribution >= 4 is 15.9 Å². The number of aryl methyl sites for hydroxylation is 1. The van der Waals surface area contributed by atoms with Crippen LogP contribution in [0.15, 0.2) is 16.9 Å². The molecule has 0 saturated carbocycles. The fourth-order valence-electron chi connectivity index (χ4n) is 3.61. The molecule has 2 aliphatic heterocycles. The summed E-state index contributed by atoms with van der Waals surface area (Å²) in [6.45, 7) is 3.98. The molecular weight excluding hydrogens is 330 g/mol. The fourth-order valence-corrected chi connectivity index (χ4v) is 5.36. The van der Waals surface area contributed by atoms with E-state index in [1.807, 2.05) is 6.07 Å². The molecule has 1 N–H and O–H groups in total. The molecular formula is C15H21N5O3S. The van der Waals surface area contributed by atoms with Gasteiger partial charge in [-0.1, -0.05) is 0 Å². The Bertz CT molecular complexity index is 926. The molecule has 9 heteroatoms. The average Bonchev–Trinajstić information content (AvgIpc) is 3.26. The largest absolute Gasteiger partial charge is 0.293 e. The minimum atomic E-state index is -3.36. The lowest BCUT2D eigenvalue weighted by Crippen LogP contribution is -2.41. The second kappa shape index (κ2) is 5.68. The van der Waals surface area contributed by atoms with E-state index in [1.165, 1.54) is 10.6 Å². The lowest BCUT2D eigenvalue weighted by Gasteiger charge is -2.23. The van der Waals surface area contributed by atoms with Crippen LogP contribution in [0, 0.1) is 6.92 Å². The number of fused-ring (bicyclic) bond motifs is 1. The first kappa shape index (κ1) is 15.8. The molecule has 8 nitrogen and oxygen atoms in total. The highest BCUT2D eigenvalue weighted by Crippen LogP contribution is 2.30. The second-order valence-electron chi connectivity index (χ2n) is 6.60. The Labute approximate surface area is 140 Å². The fraction of sp³-hybridized carbons (Fsp3) is 0.600. The molecule has 2 aromatic rings. The summed E-state index contributed by atoms with van der Waals surface area (Å²) in [6.07, 6.45) is 2.62. The summed E-state index contributed by atoms with van der Waals surface area (Å²) in [7, 11) is -3.36. The number of aromatic amines is 1. The number of hydrogen-bond acceptors (Lipinski definition) is 4. The van der Waals surface area contributed by atoms with Gasteiger partial charge in [0.05, 0.1) is 0 Å². The van der Waals surface area contributed by atoms with Crippen LogP contribution in [0.2, 0.25) is 0 Å². The van der Waals surface area contributed by atoms with Gasteiger partial charge in [0.15, 0.2) is 5.65 Å². The highest BCUT2D eigenvalue weighted by Gasteiger charge is 2.37. The van der Waals surface area contributed by atoms with Gasteiger partial charge in [0.2, 0.25) is 0 Å². The van der Waals surface area contributed by atoms with Crippen molar-refractivity contribution in [3.05, 3.63) is 33.9 Å². The standard InChI is InChI=1S/C15H21N5O3S/c1-11-8-15(21)20-14(16-11)9-13(17-20)12-4-7-19(10-12)24(22,23)18-5-2-3-6-18/h8-9,12,17H,2-7,10H2,1H3. The van der Waals surface area contributed by atoms with E-state index in [0.717, 1.165) is 25.0 Å². The third-order valence-corrected chi connectivity index (χ3v) is 6.91. The van der Waals surface area contributed by atoms with Crippen molar-refractivity contribution in [3.63, 3.8) is 0 Å². The van der Waals surface area contributed by atoms with Gasteiger partial charge < -0.3 is 0 Å². The van der Waals surface area contributed by atoms with Gasteiger partial charge in [-0.15, -0.1) is 0 Å². The first-order chi connectivity index (χ1) is 11.4. The van der Waals surface area contributed by atoms with E-state index in [0.29, 0.717) is 37.5 Å². The van der Waals surface area contributed by atoms with Gasteiger partial charge in [0.1, 0.15) is 0 Å². The van der Waals surface area contributed by atoms with Crippen LogP contribution in [0.25, 0.3) is 5.65 Å². The molecule has 4 rings (SSSR count). The molecule has 2 fully saturated rings. The Morgan fingerprint density at radius 3 is 2.67 bits per heavy atom. The number of aromatic nitrogens is 3. The van der Waals surface area contributed by atoms with Crippen molar-refractivity contribution in [1.29, 1.82) is 0 Å². The van der Waals surface area contributed by atoms with E-state index in [2.05, 4.69) is 10.1 Å². The smallest absolute Gasteiger partial charge is 0.281 e. The zero-order chi connectivity index (χ0) is 16.9. The highest BCUT2D eigenvalue weighted by molar-refractivity contribution is 7.86. The van der Waals surface area contributed by atoms with Gasteiger partial charge in [-0.2, -0.15) is 17.0 Å². The maximum Gasteiger partial charge on any atom is 0.281 e. The van der Waals surface area contributed by atoms with Gasteiger partial charge in [0.25, 0.3) is 15.8 Å². The lowest BCUT2D eigenvalue weighted by atomic mass is 10.1. The molecule has 0 aromatic carbocycles. The van der Waals surface area contributed by atoms with E-state index in [9.17, 15) is 13.2 Å². The highest BCUT2D eigenvalue weighted by atomic mass is 32.2. The van der Waals surface area contributed by atoms with Crippen LogP contribution in [0.1, 0.15) is 36.6 Å². The molecule has 130 valence electrons. The van der Waals surface area contributed by atoms with E-state index in [1.54, 1.807) is 15.5 Å². The van der Waals surface area contributed by atoms with E-state index in [-0.39, 0.29) is 11.5 Å². The summed E-state index contributed by atoms with van der Waals surface area (Å²) in [4.78, 5) is 16.4. The van der Waals surface area contributed by atoms with Crippen molar-refractivity contribution in [2.24, 2.45) is 0 Å². The van der Waals surface area contributed by atoms with Gasteiger partial charge in [-0.25, -0.2) is 9.50 Å². The molecule has 0 bridgehead atoms. The summed E-state index contributed by atoms with van der Waals surface area (Å²) >= 11 is 0. The third kappa shape index (κ3) is 2.56. The Balaban J connectivity index is 1.59. The van der Waals surface area contributed by atoms with Crippen molar-refractivity contribution in [3.8, 4) is 0 Å². The molecule has 0 aliphatic carbocycles. The molecule has 2 saturated heterocycles. The monoisotopic (exact) mass is 351 g/mol. The molecule has 2 aliphatic rings. The number of H-pyrrole nitrogens is 1. The van der Waals surface area contributed by atoms with Crippen LogP contribution in [0.4, 0.5) is 0 Å². The number of nitrogens with zero attached hydrogens (tertiary/aromatic N) is 4. The summed E-state index contributed by atoms with van der Waals surface area (Å²) in [5, 5.41) is 3.08. The second-order valence-corrected chi connectivity index (χ2v) is 8.53. The molecule has 24 heavy (non-hydrogen) atoms. The molecule has 0 radical (unpaired) electrons. The molecule has 0 spiro atoms. The van der Waals surface area contributed by atoms with Gasteiger partial charge in [0, 0.05) is 55.6 Å². The van der Waals surface area contributed by atoms with Gasteiger partial charge in [-0.05, 0) is 26.2 Å². The zero-order valence-corrected chi connectivity index (χ0v) is 14.4. The van der Waals surface area contributed by atoms with E-state index >= 15 is 0 Å². The summed E-state index contributed by atoms with van der Waals surface area (Å²) in [6, 6.07) is 3.33. The summed E-state index contributed by atoms with van der Waals surface area (Å²) in [5.74, 6) is 0.0591. The van der Waals surface area contributed by atoms with Crippen LogP contribution in [-0.2, 0) is 10.2 Å². The van der Waals surface area contributed by atoms with Crippen LogP contribution >= 0.6 is 0 Å². The van der Waals surface area contributed by atoms with Crippen LogP contribution < -0.4 is 5.56 Å². The SMILES string of the molecule is Cc1cc(=O)n2[nH]c(C3CCN(S(=O)(=O)N4CCCC4)C3)cc2n1. The Morgan fingerprint density at radius 1 is 1.17 bits per heavy atom. The maximum absolute atomic E-state index is 12.7. The lowest BCUT2D eigenvalue weighted by molar-refractivity contribution is 0.395. The summed E-state index contributed by atoms with van der Waals surface area (Å²) < 4.78 is 29.9. The maximum atomic E-state index is 12.7. The van der Waals surface area contributed by atoms with Crippen LogP contribution in [0.3, 0.4) is 0 Å². The van der Waals surface area contributed by atoms with Crippen molar-refractivity contribution in [1.82, 2.24) is 23.2 Å². The quantitative estimate of drug-likeness (QED) is 0.870. The van der Waals surface area contributed by atoms with E-state index < -0.39 is 10.2 Å². The number of hydrogen-bond donors (Lipinski definition) is 1. The molecule has 1 unspecified atom stereocenters. The number of nitrogens with one attached hydrogen (secondary N) is 1. The first-order valence-electron chi connectivity index (χ1n) is 8.30.